The minimum Gasteiger partial charge on any atom is -0.330 e. The normalized spacial score (nSPS) is 16.4. The number of carbonyl (C=O) groups is 2. The Bertz CT molecular complexity index is 1370. The molecule has 1 saturated heterocycles. The summed E-state index contributed by atoms with van der Waals surface area (Å²) in [7, 11) is -3.56. The lowest BCUT2D eigenvalue weighted by molar-refractivity contribution is 0.0763. The molecule has 8 nitrogen and oxygen atoms in total. The van der Waals surface area contributed by atoms with E-state index in [1.54, 1.807) is 45.9 Å². The maximum atomic E-state index is 13.2. The van der Waals surface area contributed by atoms with Crippen LogP contribution in [0.5, 0.6) is 0 Å². The van der Waals surface area contributed by atoms with Gasteiger partial charge in [-0.1, -0.05) is 31.0 Å². The summed E-state index contributed by atoms with van der Waals surface area (Å²) in [6, 6.07) is 15.2. The fraction of sp³-hybridized carbons (Fsp3) is 0.296. The molecule has 2 aromatic carbocycles. The molecular formula is C27H28N4O4S. The molecule has 2 aliphatic rings. The largest absolute Gasteiger partial charge is 0.330 e. The number of benzene rings is 2. The molecule has 3 aromatic rings. The molecule has 0 saturated carbocycles. The first-order valence-electron chi connectivity index (χ1n) is 12.1. The molecule has 1 fully saturated rings. The summed E-state index contributed by atoms with van der Waals surface area (Å²) < 4.78 is 27.6. The predicted octanol–water partition coefficient (Wildman–Crippen LogP) is 4.05. The summed E-state index contributed by atoms with van der Waals surface area (Å²) in [6.45, 7) is 1.90. The van der Waals surface area contributed by atoms with Crippen molar-refractivity contribution in [2.45, 2.75) is 43.7 Å². The van der Waals surface area contributed by atoms with E-state index in [0.717, 1.165) is 36.8 Å². The van der Waals surface area contributed by atoms with E-state index in [2.05, 4.69) is 10.3 Å². The van der Waals surface area contributed by atoms with Crippen LogP contribution < -0.4 is 5.32 Å². The van der Waals surface area contributed by atoms with E-state index in [-0.39, 0.29) is 10.8 Å². The molecule has 0 bridgehead atoms. The van der Waals surface area contributed by atoms with E-state index in [9.17, 15) is 18.0 Å². The fourth-order valence-corrected chi connectivity index (χ4v) is 6.31. The highest BCUT2D eigenvalue weighted by Crippen LogP contribution is 2.28. The first kappa shape index (κ1) is 24.1. The molecule has 2 aliphatic heterocycles. The molecule has 1 N–H and O–H groups in total. The highest BCUT2D eigenvalue weighted by molar-refractivity contribution is 7.89. The molecule has 0 atom stereocenters. The first-order chi connectivity index (χ1) is 17.4. The Morgan fingerprint density at radius 2 is 1.69 bits per heavy atom. The highest BCUT2D eigenvalue weighted by Gasteiger charge is 2.32. The number of nitrogens with zero attached hydrogens (tertiary/aromatic N) is 3. The van der Waals surface area contributed by atoms with E-state index in [1.165, 1.54) is 12.1 Å². The second kappa shape index (κ2) is 10.2. The molecule has 2 amide bonds. The van der Waals surface area contributed by atoms with Crippen molar-refractivity contribution in [3.63, 3.8) is 0 Å². The lowest BCUT2D eigenvalue weighted by atomic mass is 10.0. The fourth-order valence-electron chi connectivity index (χ4n) is 4.79. The lowest BCUT2D eigenvalue weighted by Crippen LogP contribution is -2.31. The molecule has 0 spiro atoms. The standard InChI is InChI=1S/C27H28N4O4S/c32-26(29-22-10-12-23(13-11-22)36(34,35)31-15-3-1-2-4-16-31)24-9-5-8-21-19-30(27(33)25(21)24)18-20-7-6-14-28-17-20/h5-14,17H,1-4,15-16,18-19H2,(H,29,32). The zero-order valence-corrected chi connectivity index (χ0v) is 20.7. The van der Waals surface area contributed by atoms with Gasteiger partial charge in [-0.25, -0.2) is 8.42 Å². The van der Waals surface area contributed by atoms with Crippen molar-refractivity contribution >= 4 is 27.5 Å². The van der Waals surface area contributed by atoms with Crippen LogP contribution in [0.25, 0.3) is 0 Å². The van der Waals surface area contributed by atoms with Gasteiger partial charge in [-0.15, -0.1) is 0 Å². The minimum atomic E-state index is -3.56. The number of pyridine rings is 1. The van der Waals surface area contributed by atoms with Gasteiger partial charge in [0.15, 0.2) is 0 Å². The lowest BCUT2D eigenvalue weighted by Gasteiger charge is -2.20. The molecule has 186 valence electrons. The van der Waals surface area contributed by atoms with Gasteiger partial charge in [0.1, 0.15) is 0 Å². The number of fused-ring (bicyclic) bond motifs is 1. The first-order valence-corrected chi connectivity index (χ1v) is 13.6. The Morgan fingerprint density at radius 3 is 2.39 bits per heavy atom. The van der Waals surface area contributed by atoms with Crippen molar-refractivity contribution in [3.8, 4) is 0 Å². The van der Waals surface area contributed by atoms with Crippen LogP contribution in [0.2, 0.25) is 0 Å². The van der Waals surface area contributed by atoms with Crippen LogP contribution >= 0.6 is 0 Å². The van der Waals surface area contributed by atoms with E-state index in [0.29, 0.717) is 43.0 Å². The smallest absolute Gasteiger partial charge is 0.256 e. The molecule has 0 aliphatic carbocycles. The Morgan fingerprint density at radius 1 is 0.944 bits per heavy atom. The SMILES string of the molecule is O=C(Nc1ccc(S(=O)(=O)N2CCCCCC2)cc1)c1cccc2c1C(=O)N(Cc1cccnc1)C2. The van der Waals surface area contributed by atoms with Crippen LogP contribution in [-0.4, -0.2) is 47.5 Å². The van der Waals surface area contributed by atoms with Gasteiger partial charge >= 0.3 is 0 Å². The van der Waals surface area contributed by atoms with Crippen molar-refractivity contribution in [3.05, 3.63) is 89.2 Å². The second-order valence-corrected chi connectivity index (χ2v) is 11.1. The number of sulfonamides is 1. The Labute approximate surface area is 211 Å². The molecular weight excluding hydrogens is 476 g/mol. The molecule has 9 heteroatoms. The van der Waals surface area contributed by atoms with Crippen molar-refractivity contribution in [2.24, 2.45) is 0 Å². The van der Waals surface area contributed by atoms with E-state index >= 15 is 0 Å². The number of carbonyl (C=O) groups excluding carboxylic acids is 2. The molecule has 5 rings (SSSR count). The van der Waals surface area contributed by atoms with Gasteiger partial charge in [0.2, 0.25) is 10.0 Å². The minimum absolute atomic E-state index is 0.196. The van der Waals surface area contributed by atoms with Crippen LogP contribution in [0, 0.1) is 0 Å². The summed E-state index contributed by atoms with van der Waals surface area (Å²) in [6.07, 6.45) is 7.23. The van der Waals surface area contributed by atoms with Crippen molar-refractivity contribution in [1.29, 1.82) is 0 Å². The van der Waals surface area contributed by atoms with Crippen molar-refractivity contribution < 1.29 is 18.0 Å². The van der Waals surface area contributed by atoms with E-state index in [4.69, 9.17) is 0 Å². The Balaban J connectivity index is 1.30. The molecule has 36 heavy (non-hydrogen) atoms. The summed E-state index contributed by atoms with van der Waals surface area (Å²) in [5, 5.41) is 2.81. The Hall–Kier alpha value is -3.56. The third-order valence-corrected chi connectivity index (χ3v) is 8.58. The summed E-state index contributed by atoms with van der Waals surface area (Å²) in [4.78, 5) is 32.3. The van der Waals surface area contributed by atoms with Crippen molar-refractivity contribution in [1.82, 2.24) is 14.2 Å². The average molecular weight is 505 g/mol. The number of rotatable bonds is 6. The monoisotopic (exact) mass is 504 g/mol. The van der Waals surface area contributed by atoms with Crippen LogP contribution in [0.4, 0.5) is 5.69 Å². The average Bonchev–Trinajstić information content (AvgIpc) is 3.05. The third-order valence-electron chi connectivity index (χ3n) is 6.67. The van der Waals surface area contributed by atoms with Gasteiger partial charge in [-0.2, -0.15) is 4.31 Å². The molecule has 1 aromatic heterocycles. The number of amides is 2. The summed E-state index contributed by atoms with van der Waals surface area (Å²) in [5.74, 6) is -0.606. The van der Waals surface area contributed by atoms with Crippen molar-refractivity contribution in [2.75, 3.05) is 18.4 Å². The number of hydrogen-bond acceptors (Lipinski definition) is 5. The van der Waals surface area contributed by atoms with Gasteiger partial charge in [0.25, 0.3) is 11.8 Å². The highest BCUT2D eigenvalue weighted by atomic mass is 32.2. The maximum Gasteiger partial charge on any atom is 0.256 e. The summed E-state index contributed by atoms with van der Waals surface area (Å²) in [5.41, 5.74) is 2.88. The quantitative estimate of drug-likeness (QED) is 0.546. The van der Waals surface area contributed by atoms with Gasteiger partial charge in [-0.3, -0.25) is 14.6 Å². The molecule has 0 radical (unpaired) electrons. The van der Waals surface area contributed by atoms with Gasteiger partial charge in [-0.05, 0) is 60.4 Å². The zero-order valence-electron chi connectivity index (χ0n) is 19.9. The van der Waals surface area contributed by atoms with Gasteiger partial charge in [0, 0.05) is 44.3 Å². The summed E-state index contributed by atoms with van der Waals surface area (Å²) >= 11 is 0. The number of aromatic nitrogens is 1. The van der Waals surface area contributed by atoms with Crippen LogP contribution in [0.3, 0.4) is 0 Å². The second-order valence-electron chi connectivity index (χ2n) is 9.16. The zero-order chi connectivity index (χ0) is 25.1. The maximum absolute atomic E-state index is 13.2. The number of nitrogens with one attached hydrogen (secondary N) is 1. The van der Waals surface area contributed by atoms with Gasteiger partial charge in [0.05, 0.1) is 16.0 Å². The molecule has 0 unspecified atom stereocenters. The molecule has 3 heterocycles. The predicted molar refractivity (Wildman–Crippen MR) is 136 cm³/mol. The topological polar surface area (TPSA) is 99.7 Å². The van der Waals surface area contributed by atoms with Gasteiger partial charge < -0.3 is 10.2 Å². The van der Waals surface area contributed by atoms with Crippen LogP contribution in [-0.2, 0) is 23.1 Å². The number of anilines is 1. The third kappa shape index (κ3) is 4.89. The number of hydrogen-bond donors (Lipinski definition) is 1. The van der Waals surface area contributed by atoms with E-state index in [1.807, 2.05) is 18.2 Å². The van der Waals surface area contributed by atoms with E-state index < -0.39 is 15.9 Å². The Kier molecular flexibility index (Phi) is 6.84. The van der Waals surface area contributed by atoms with Crippen LogP contribution in [0.1, 0.15) is 57.5 Å². The van der Waals surface area contributed by atoms with Crippen LogP contribution in [0.15, 0.2) is 71.9 Å².